The second kappa shape index (κ2) is 5.53. The van der Waals surface area contributed by atoms with Crippen molar-refractivity contribution in [1.29, 1.82) is 0 Å². The van der Waals surface area contributed by atoms with E-state index >= 15 is 0 Å². The molecule has 2 rings (SSSR count). The summed E-state index contributed by atoms with van der Waals surface area (Å²) in [6.07, 6.45) is 0. The van der Waals surface area contributed by atoms with E-state index < -0.39 is 0 Å². The highest BCUT2D eigenvalue weighted by Crippen LogP contribution is 2.27. The van der Waals surface area contributed by atoms with E-state index in [0.717, 1.165) is 16.8 Å². The molecule has 0 saturated carbocycles. The first-order chi connectivity index (χ1) is 7.33. The molecule has 0 radical (unpaired) electrons. The Labute approximate surface area is 100 Å². The summed E-state index contributed by atoms with van der Waals surface area (Å²) < 4.78 is 5.08. The lowest BCUT2D eigenvalue weighted by atomic mass is 10.1. The van der Waals surface area contributed by atoms with Gasteiger partial charge in [-0.1, -0.05) is 30.3 Å². The summed E-state index contributed by atoms with van der Waals surface area (Å²) in [6, 6.07) is 9.91. The molecule has 16 heavy (non-hydrogen) atoms. The Morgan fingerprint density at radius 3 is 2.62 bits per heavy atom. The average molecular weight is 240 g/mol. The topological polar surface area (TPSA) is 63.9 Å². The molecule has 0 aliphatic carbocycles. The summed E-state index contributed by atoms with van der Waals surface area (Å²) in [6.45, 7) is 0.481. The zero-order chi connectivity index (χ0) is 10.7. The van der Waals surface area contributed by atoms with Crippen molar-refractivity contribution in [3.8, 4) is 11.1 Å². The molecular formula is C11H14ClN3O. The van der Waals surface area contributed by atoms with Crippen LogP contribution in [0.3, 0.4) is 0 Å². The molecule has 0 spiro atoms. The SMILES string of the molecule is COCc1[nH]nc(N)c1-c1ccccc1.Cl. The van der Waals surface area contributed by atoms with Gasteiger partial charge in [-0.3, -0.25) is 5.10 Å². The van der Waals surface area contributed by atoms with Crippen LogP contribution in [0.15, 0.2) is 30.3 Å². The van der Waals surface area contributed by atoms with Crippen LogP contribution in [0.25, 0.3) is 11.1 Å². The molecular weight excluding hydrogens is 226 g/mol. The van der Waals surface area contributed by atoms with Gasteiger partial charge in [-0.05, 0) is 5.56 Å². The molecule has 0 bridgehead atoms. The third kappa shape index (κ3) is 2.35. The molecule has 5 heteroatoms. The van der Waals surface area contributed by atoms with Crippen molar-refractivity contribution in [3.63, 3.8) is 0 Å². The molecule has 0 aliphatic heterocycles. The predicted octanol–water partition coefficient (Wildman–Crippen LogP) is 2.23. The Bertz CT molecular complexity index is 442. The number of rotatable bonds is 3. The van der Waals surface area contributed by atoms with Gasteiger partial charge in [-0.25, -0.2) is 0 Å². The molecule has 0 saturated heterocycles. The standard InChI is InChI=1S/C11H13N3O.ClH/c1-15-7-9-10(11(12)14-13-9)8-5-3-2-4-6-8;/h2-6H,7H2,1H3,(H3,12,13,14);1H. The highest BCUT2D eigenvalue weighted by Gasteiger charge is 2.11. The number of aromatic nitrogens is 2. The molecule has 0 atom stereocenters. The van der Waals surface area contributed by atoms with E-state index in [0.29, 0.717) is 12.4 Å². The lowest BCUT2D eigenvalue weighted by molar-refractivity contribution is 0.182. The molecule has 3 N–H and O–H groups in total. The number of nitrogens with zero attached hydrogens (tertiary/aromatic N) is 1. The second-order valence-corrected chi connectivity index (χ2v) is 3.26. The maximum atomic E-state index is 5.81. The lowest BCUT2D eigenvalue weighted by Crippen LogP contribution is -1.92. The first-order valence-electron chi connectivity index (χ1n) is 4.70. The summed E-state index contributed by atoms with van der Waals surface area (Å²) in [5, 5.41) is 6.86. The Balaban J connectivity index is 0.00000128. The van der Waals surface area contributed by atoms with Crippen molar-refractivity contribution >= 4 is 18.2 Å². The van der Waals surface area contributed by atoms with Crippen LogP contribution in [-0.2, 0) is 11.3 Å². The van der Waals surface area contributed by atoms with Crippen LogP contribution in [0.5, 0.6) is 0 Å². The van der Waals surface area contributed by atoms with Crippen LogP contribution < -0.4 is 5.73 Å². The second-order valence-electron chi connectivity index (χ2n) is 3.26. The highest BCUT2D eigenvalue weighted by molar-refractivity contribution is 5.85. The highest BCUT2D eigenvalue weighted by atomic mass is 35.5. The van der Waals surface area contributed by atoms with Crippen LogP contribution in [0, 0.1) is 0 Å². The zero-order valence-electron chi connectivity index (χ0n) is 8.93. The average Bonchev–Trinajstić information content (AvgIpc) is 2.62. The number of nitrogen functional groups attached to an aromatic ring is 1. The fourth-order valence-corrected chi connectivity index (χ4v) is 1.57. The Kier molecular flexibility index (Phi) is 4.34. The van der Waals surface area contributed by atoms with Gasteiger partial charge in [0, 0.05) is 12.7 Å². The van der Waals surface area contributed by atoms with Crippen molar-refractivity contribution in [1.82, 2.24) is 10.2 Å². The summed E-state index contributed by atoms with van der Waals surface area (Å²) in [4.78, 5) is 0. The molecule has 86 valence electrons. The van der Waals surface area contributed by atoms with Gasteiger partial charge in [-0.2, -0.15) is 5.10 Å². The van der Waals surface area contributed by atoms with E-state index in [1.54, 1.807) is 7.11 Å². The van der Waals surface area contributed by atoms with E-state index in [1.807, 2.05) is 30.3 Å². The number of hydrogen-bond donors (Lipinski definition) is 2. The predicted molar refractivity (Wildman–Crippen MR) is 66.4 cm³/mol. The number of nitrogens with one attached hydrogen (secondary N) is 1. The monoisotopic (exact) mass is 239 g/mol. The summed E-state index contributed by atoms with van der Waals surface area (Å²) in [7, 11) is 1.64. The largest absolute Gasteiger partial charge is 0.382 e. The fraction of sp³-hybridized carbons (Fsp3) is 0.182. The molecule has 0 aliphatic rings. The first-order valence-corrected chi connectivity index (χ1v) is 4.70. The smallest absolute Gasteiger partial charge is 0.153 e. The Morgan fingerprint density at radius 1 is 1.31 bits per heavy atom. The maximum Gasteiger partial charge on any atom is 0.153 e. The van der Waals surface area contributed by atoms with Crippen LogP contribution in [0.2, 0.25) is 0 Å². The third-order valence-electron chi connectivity index (χ3n) is 2.22. The van der Waals surface area contributed by atoms with Crippen molar-refractivity contribution in [2.45, 2.75) is 6.61 Å². The minimum atomic E-state index is 0. The molecule has 0 fully saturated rings. The summed E-state index contributed by atoms with van der Waals surface area (Å²) in [5.74, 6) is 0.508. The number of methoxy groups -OCH3 is 1. The van der Waals surface area contributed by atoms with Gasteiger partial charge in [0.15, 0.2) is 5.82 Å². The molecule has 0 unspecified atom stereocenters. The van der Waals surface area contributed by atoms with Crippen LogP contribution >= 0.6 is 12.4 Å². The number of aromatic amines is 1. The number of ether oxygens (including phenoxy) is 1. The third-order valence-corrected chi connectivity index (χ3v) is 2.22. The summed E-state index contributed by atoms with van der Waals surface area (Å²) in [5.41, 5.74) is 8.69. The minimum absolute atomic E-state index is 0. The van der Waals surface area contributed by atoms with Crippen molar-refractivity contribution in [3.05, 3.63) is 36.0 Å². The first kappa shape index (κ1) is 12.5. The molecule has 1 aromatic carbocycles. The number of nitrogens with two attached hydrogens (primary N) is 1. The van der Waals surface area contributed by atoms with Crippen LogP contribution in [-0.4, -0.2) is 17.3 Å². The van der Waals surface area contributed by atoms with Gasteiger partial charge >= 0.3 is 0 Å². The molecule has 2 aromatic rings. The Hall–Kier alpha value is -1.52. The van der Waals surface area contributed by atoms with Gasteiger partial charge in [0.25, 0.3) is 0 Å². The maximum absolute atomic E-state index is 5.81. The van der Waals surface area contributed by atoms with Crippen molar-refractivity contribution in [2.75, 3.05) is 12.8 Å². The quantitative estimate of drug-likeness (QED) is 0.863. The van der Waals surface area contributed by atoms with Gasteiger partial charge in [-0.15, -0.1) is 12.4 Å². The molecule has 1 heterocycles. The number of H-pyrrole nitrogens is 1. The zero-order valence-corrected chi connectivity index (χ0v) is 9.75. The van der Waals surface area contributed by atoms with Crippen molar-refractivity contribution in [2.24, 2.45) is 0 Å². The minimum Gasteiger partial charge on any atom is -0.382 e. The van der Waals surface area contributed by atoms with Crippen LogP contribution in [0.4, 0.5) is 5.82 Å². The molecule has 0 amide bonds. The fourth-order valence-electron chi connectivity index (χ4n) is 1.57. The van der Waals surface area contributed by atoms with E-state index in [4.69, 9.17) is 10.5 Å². The van der Waals surface area contributed by atoms with E-state index in [-0.39, 0.29) is 12.4 Å². The van der Waals surface area contributed by atoms with Gasteiger partial charge in [0.1, 0.15) is 0 Å². The number of hydrogen-bond acceptors (Lipinski definition) is 3. The molecule has 4 nitrogen and oxygen atoms in total. The Morgan fingerprint density at radius 2 is 2.00 bits per heavy atom. The number of anilines is 1. The lowest BCUT2D eigenvalue weighted by Gasteiger charge is -2.02. The molecule has 1 aromatic heterocycles. The van der Waals surface area contributed by atoms with E-state index in [2.05, 4.69) is 10.2 Å². The van der Waals surface area contributed by atoms with Crippen LogP contribution in [0.1, 0.15) is 5.69 Å². The van der Waals surface area contributed by atoms with Gasteiger partial charge in [0.05, 0.1) is 12.3 Å². The van der Waals surface area contributed by atoms with Gasteiger partial charge in [0.2, 0.25) is 0 Å². The summed E-state index contributed by atoms with van der Waals surface area (Å²) >= 11 is 0. The number of halogens is 1. The van der Waals surface area contributed by atoms with E-state index in [9.17, 15) is 0 Å². The van der Waals surface area contributed by atoms with E-state index in [1.165, 1.54) is 0 Å². The normalized spacial score (nSPS) is 9.81. The number of benzene rings is 1. The van der Waals surface area contributed by atoms with Crippen molar-refractivity contribution < 1.29 is 4.74 Å². The van der Waals surface area contributed by atoms with Gasteiger partial charge < -0.3 is 10.5 Å².